The zero-order valence-electron chi connectivity index (χ0n) is 13.0. The number of hydrogen-bond acceptors (Lipinski definition) is 6. The topological polar surface area (TPSA) is 79.8 Å². The predicted molar refractivity (Wildman–Crippen MR) is 99.0 cm³/mol. The Morgan fingerprint density at radius 1 is 1.08 bits per heavy atom. The molecule has 0 radical (unpaired) electrons. The van der Waals surface area contributed by atoms with Crippen LogP contribution in [0.4, 0.5) is 16.8 Å². The lowest BCUT2D eigenvalue weighted by atomic mass is 10.3. The van der Waals surface area contributed by atoms with E-state index >= 15 is 0 Å². The Morgan fingerprint density at radius 2 is 1.75 bits per heavy atom. The fourth-order valence-electron chi connectivity index (χ4n) is 2.04. The number of nitrogens with one attached hydrogen (secondary N) is 2. The summed E-state index contributed by atoms with van der Waals surface area (Å²) >= 11 is 4.68. The second kappa shape index (κ2) is 7.06. The summed E-state index contributed by atoms with van der Waals surface area (Å²) in [4.78, 5) is 25.1. The highest BCUT2D eigenvalue weighted by Gasteiger charge is 2.12. The minimum Gasteiger partial charge on any atom is -0.321 e. The van der Waals surface area contributed by atoms with Gasteiger partial charge in [-0.2, -0.15) is 0 Å². The Morgan fingerprint density at radius 3 is 2.42 bits per heavy atom. The molecule has 0 unspecified atom stereocenters. The van der Waals surface area contributed by atoms with Crippen LogP contribution in [-0.4, -0.2) is 20.9 Å². The van der Waals surface area contributed by atoms with Crippen molar-refractivity contribution in [2.24, 2.45) is 0 Å². The Kier molecular flexibility index (Phi) is 4.86. The van der Waals surface area contributed by atoms with E-state index in [-0.39, 0.29) is 5.91 Å². The number of rotatable bonds is 4. The van der Waals surface area contributed by atoms with Crippen molar-refractivity contribution < 1.29 is 4.79 Å². The monoisotopic (exact) mass is 403 g/mol. The Balaban J connectivity index is 1.70. The van der Waals surface area contributed by atoms with Gasteiger partial charge in [-0.15, -0.1) is 11.3 Å². The highest BCUT2D eigenvalue weighted by atomic mass is 79.9. The maximum Gasteiger partial charge on any atom is 0.275 e. The van der Waals surface area contributed by atoms with E-state index in [1.807, 2.05) is 44.2 Å². The van der Waals surface area contributed by atoms with Crippen LogP contribution in [0.25, 0.3) is 0 Å². The second-order valence-electron chi connectivity index (χ2n) is 5.10. The molecule has 0 aliphatic rings. The van der Waals surface area contributed by atoms with E-state index in [0.29, 0.717) is 22.5 Å². The zero-order chi connectivity index (χ0) is 17.1. The Hall–Kier alpha value is -2.32. The Bertz CT molecular complexity index is 858. The van der Waals surface area contributed by atoms with E-state index in [1.54, 1.807) is 5.38 Å². The van der Waals surface area contributed by atoms with Crippen molar-refractivity contribution in [1.29, 1.82) is 0 Å². The van der Waals surface area contributed by atoms with E-state index in [2.05, 4.69) is 41.5 Å². The second-order valence-corrected chi connectivity index (χ2v) is 6.87. The molecule has 0 aliphatic carbocycles. The third kappa shape index (κ3) is 4.15. The SMILES string of the molecule is Cc1cc(C)nc(Nc2nc(C(=O)Nc3ccc(Br)cc3)cs2)n1. The molecule has 2 aromatic heterocycles. The molecule has 1 aromatic carbocycles. The molecule has 0 saturated carbocycles. The molecule has 8 heteroatoms. The number of benzene rings is 1. The van der Waals surface area contributed by atoms with Gasteiger partial charge in [0, 0.05) is 26.9 Å². The van der Waals surface area contributed by atoms with Crippen molar-refractivity contribution in [2.75, 3.05) is 10.6 Å². The molecule has 122 valence electrons. The van der Waals surface area contributed by atoms with Crippen molar-refractivity contribution in [2.45, 2.75) is 13.8 Å². The van der Waals surface area contributed by atoms with Gasteiger partial charge in [-0.25, -0.2) is 15.0 Å². The van der Waals surface area contributed by atoms with Gasteiger partial charge < -0.3 is 10.6 Å². The lowest BCUT2D eigenvalue weighted by Crippen LogP contribution is -2.12. The van der Waals surface area contributed by atoms with E-state index in [4.69, 9.17) is 0 Å². The first-order valence-electron chi connectivity index (χ1n) is 7.11. The van der Waals surface area contributed by atoms with Gasteiger partial charge in [-0.1, -0.05) is 15.9 Å². The normalized spacial score (nSPS) is 10.5. The number of halogens is 1. The highest BCUT2D eigenvalue weighted by molar-refractivity contribution is 9.10. The molecule has 0 aliphatic heterocycles. The lowest BCUT2D eigenvalue weighted by molar-refractivity contribution is 0.102. The van der Waals surface area contributed by atoms with Crippen LogP contribution in [0.1, 0.15) is 21.9 Å². The molecule has 0 spiro atoms. The van der Waals surface area contributed by atoms with Gasteiger partial charge in [0.1, 0.15) is 5.69 Å². The fraction of sp³-hybridized carbons (Fsp3) is 0.125. The average molecular weight is 404 g/mol. The summed E-state index contributed by atoms with van der Waals surface area (Å²) in [6.07, 6.45) is 0. The quantitative estimate of drug-likeness (QED) is 0.678. The number of amides is 1. The van der Waals surface area contributed by atoms with Crippen molar-refractivity contribution >= 4 is 49.9 Å². The van der Waals surface area contributed by atoms with Crippen LogP contribution in [0.15, 0.2) is 40.2 Å². The van der Waals surface area contributed by atoms with Gasteiger partial charge in [-0.3, -0.25) is 4.79 Å². The molecule has 3 aromatic rings. The number of nitrogens with zero attached hydrogens (tertiary/aromatic N) is 3. The maximum absolute atomic E-state index is 12.2. The standard InChI is InChI=1S/C16H14BrN5OS/c1-9-7-10(2)19-15(18-9)22-16-21-13(8-24-16)14(23)20-12-5-3-11(17)4-6-12/h3-8H,1-2H3,(H,20,23)(H,18,19,21,22). The van der Waals surface area contributed by atoms with Gasteiger partial charge in [0.05, 0.1) is 0 Å². The number of aromatic nitrogens is 3. The third-order valence-corrected chi connectivity index (χ3v) is 4.33. The predicted octanol–water partition coefficient (Wildman–Crippen LogP) is 4.31. The number of thiazole rings is 1. The van der Waals surface area contributed by atoms with Gasteiger partial charge in [-0.05, 0) is 44.2 Å². The molecule has 1 amide bonds. The summed E-state index contributed by atoms with van der Waals surface area (Å²) in [6.45, 7) is 3.80. The van der Waals surface area contributed by atoms with Crippen molar-refractivity contribution in [3.63, 3.8) is 0 Å². The third-order valence-electron chi connectivity index (χ3n) is 3.04. The first-order valence-corrected chi connectivity index (χ1v) is 8.78. The summed E-state index contributed by atoms with van der Waals surface area (Å²) in [5.74, 6) is 0.213. The number of aryl methyl sites for hydroxylation is 2. The fourth-order valence-corrected chi connectivity index (χ4v) is 2.99. The van der Waals surface area contributed by atoms with Crippen LogP contribution in [0.2, 0.25) is 0 Å². The number of anilines is 3. The van der Waals surface area contributed by atoms with Crippen LogP contribution >= 0.6 is 27.3 Å². The summed E-state index contributed by atoms with van der Waals surface area (Å²) < 4.78 is 0.953. The van der Waals surface area contributed by atoms with E-state index in [0.717, 1.165) is 15.9 Å². The average Bonchev–Trinajstić information content (AvgIpc) is 2.97. The smallest absolute Gasteiger partial charge is 0.275 e. The number of carbonyl (C=O) groups is 1. The lowest BCUT2D eigenvalue weighted by Gasteiger charge is -2.04. The van der Waals surface area contributed by atoms with Crippen LogP contribution in [0.5, 0.6) is 0 Å². The summed E-state index contributed by atoms with van der Waals surface area (Å²) in [7, 11) is 0. The van der Waals surface area contributed by atoms with Crippen molar-refractivity contribution in [1.82, 2.24) is 15.0 Å². The van der Waals surface area contributed by atoms with Crippen LogP contribution in [0, 0.1) is 13.8 Å². The summed E-state index contributed by atoms with van der Waals surface area (Å²) in [5, 5.41) is 8.10. The van der Waals surface area contributed by atoms with Crippen LogP contribution in [-0.2, 0) is 0 Å². The largest absolute Gasteiger partial charge is 0.321 e. The molecule has 0 saturated heterocycles. The highest BCUT2D eigenvalue weighted by Crippen LogP contribution is 2.20. The molecule has 6 nitrogen and oxygen atoms in total. The minimum atomic E-state index is -0.261. The summed E-state index contributed by atoms with van der Waals surface area (Å²) in [5.41, 5.74) is 2.79. The van der Waals surface area contributed by atoms with Gasteiger partial charge in [0.15, 0.2) is 5.13 Å². The van der Waals surface area contributed by atoms with Crippen LogP contribution < -0.4 is 10.6 Å². The maximum atomic E-state index is 12.2. The Labute approximate surface area is 151 Å². The molecular weight excluding hydrogens is 390 g/mol. The van der Waals surface area contributed by atoms with E-state index in [1.165, 1.54) is 11.3 Å². The van der Waals surface area contributed by atoms with Crippen molar-refractivity contribution in [3.05, 3.63) is 57.3 Å². The van der Waals surface area contributed by atoms with Crippen molar-refractivity contribution in [3.8, 4) is 0 Å². The molecule has 24 heavy (non-hydrogen) atoms. The first kappa shape index (κ1) is 16.5. The minimum absolute atomic E-state index is 0.261. The molecule has 0 atom stereocenters. The first-order chi connectivity index (χ1) is 11.5. The van der Waals surface area contributed by atoms with Gasteiger partial charge in [0.25, 0.3) is 5.91 Å². The molecule has 0 bridgehead atoms. The van der Waals surface area contributed by atoms with E-state index in [9.17, 15) is 4.79 Å². The molecule has 2 N–H and O–H groups in total. The van der Waals surface area contributed by atoms with E-state index < -0.39 is 0 Å². The number of carbonyl (C=O) groups excluding carboxylic acids is 1. The summed E-state index contributed by atoms with van der Waals surface area (Å²) in [6, 6.07) is 9.25. The molecule has 2 heterocycles. The van der Waals surface area contributed by atoms with Crippen LogP contribution in [0.3, 0.4) is 0 Å². The molecule has 0 fully saturated rings. The molecule has 3 rings (SSSR count). The zero-order valence-corrected chi connectivity index (χ0v) is 15.4. The van der Waals surface area contributed by atoms with Gasteiger partial charge in [0.2, 0.25) is 5.95 Å². The van der Waals surface area contributed by atoms with Gasteiger partial charge >= 0.3 is 0 Å². The molecular formula is C16H14BrN5OS. The number of hydrogen-bond donors (Lipinski definition) is 2.